The number of hydrogen-bond acceptors (Lipinski definition) is 6. The van der Waals surface area contributed by atoms with E-state index < -0.39 is 30.3 Å². The van der Waals surface area contributed by atoms with Gasteiger partial charge < -0.3 is 24.8 Å². The average Bonchev–Trinajstić information content (AvgIpc) is 3.59. The molecule has 11 heteroatoms. The number of alkyl halides is 3. The summed E-state index contributed by atoms with van der Waals surface area (Å²) in [5.41, 5.74) is 3.56. The molecule has 2 unspecified atom stereocenters. The molecule has 1 aliphatic carbocycles. The number of nitrogens with one attached hydrogen (secondary N) is 1. The zero-order chi connectivity index (χ0) is 33.7. The van der Waals surface area contributed by atoms with Crippen molar-refractivity contribution in [1.29, 1.82) is 0 Å². The summed E-state index contributed by atoms with van der Waals surface area (Å²) in [6.45, 7) is 11.0. The van der Waals surface area contributed by atoms with Gasteiger partial charge in [-0.05, 0) is 66.2 Å². The number of halogens is 3. The van der Waals surface area contributed by atoms with Gasteiger partial charge in [0, 0.05) is 42.8 Å². The Hall–Kier alpha value is -2.99. The van der Waals surface area contributed by atoms with Crippen LogP contribution in [0.4, 0.5) is 18.9 Å². The zero-order valence-corrected chi connectivity index (χ0v) is 27.6. The second-order valence-corrected chi connectivity index (χ2v) is 15.2. The Bertz CT molecular complexity index is 1450. The Balaban J connectivity index is 1.19. The molecule has 2 bridgehead atoms. The van der Waals surface area contributed by atoms with Crippen LogP contribution in [0.5, 0.6) is 0 Å². The lowest BCUT2D eigenvalue weighted by Crippen LogP contribution is -2.48. The summed E-state index contributed by atoms with van der Waals surface area (Å²) in [5, 5.41) is 12.3. The molecule has 47 heavy (non-hydrogen) atoms. The van der Waals surface area contributed by atoms with Crippen LogP contribution < -0.4 is 5.32 Å². The highest BCUT2D eigenvalue weighted by Crippen LogP contribution is 2.53. The summed E-state index contributed by atoms with van der Waals surface area (Å²) in [6.07, 6.45) is -2.04. The fraction of sp³-hybridized carbons (Fsp3) is 0.611. The van der Waals surface area contributed by atoms with Crippen LogP contribution in [0.15, 0.2) is 48.5 Å². The number of aliphatic hydroxyl groups excluding tert-OH is 1. The van der Waals surface area contributed by atoms with Gasteiger partial charge in [-0.2, -0.15) is 13.2 Å². The van der Waals surface area contributed by atoms with Gasteiger partial charge in [0.2, 0.25) is 5.91 Å². The molecular weight excluding hydrogens is 611 g/mol. The van der Waals surface area contributed by atoms with Crippen LogP contribution >= 0.6 is 0 Å². The van der Waals surface area contributed by atoms with E-state index in [9.17, 15) is 27.9 Å². The van der Waals surface area contributed by atoms with Crippen molar-refractivity contribution in [3.05, 3.63) is 65.2 Å². The zero-order valence-electron chi connectivity index (χ0n) is 27.6. The molecular formula is C36H46F3N3O5. The van der Waals surface area contributed by atoms with E-state index in [1.807, 2.05) is 24.3 Å². The van der Waals surface area contributed by atoms with Crippen LogP contribution in [0.25, 0.3) is 0 Å². The SMILES string of the molecule is C[C@@H]1[C@H](CN2CC3(C)CC2CC(C)(C)C3)O[C@H](c2ccc(NC(=O)[C@@H]3CCCN3C(=O)C(F)(F)F)cc2)O[C@@H]1c1ccc(CO)cc1. The van der Waals surface area contributed by atoms with Crippen LogP contribution in [0.2, 0.25) is 0 Å². The number of nitrogens with zero attached hydrogens (tertiary/aromatic N) is 2. The van der Waals surface area contributed by atoms with Crippen molar-refractivity contribution in [2.45, 2.75) is 103 Å². The first-order valence-electron chi connectivity index (χ1n) is 16.7. The quantitative estimate of drug-likeness (QED) is 0.360. The minimum atomic E-state index is -5.03. The van der Waals surface area contributed by atoms with Crippen molar-refractivity contribution in [3.63, 3.8) is 0 Å². The van der Waals surface area contributed by atoms with E-state index in [0.29, 0.717) is 28.5 Å². The van der Waals surface area contributed by atoms with Crippen molar-refractivity contribution in [3.8, 4) is 0 Å². The molecule has 0 radical (unpaired) electrons. The molecule has 8 nitrogen and oxygen atoms in total. The number of rotatable bonds is 7. The highest BCUT2D eigenvalue weighted by atomic mass is 19.4. The molecule has 6 rings (SSSR count). The molecule has 2 N–H and O–H groups in total. The molecule has 2 amide bonds. The molecule has 3 aliphatic heterocycles. The molecule has 1 saturated carbocycles. The van der Waals surface area contributed by atoms with Gasteiger partial charge in [0.15, 0.2) is 6.29 Å². The maximum Gasteiger partial charge on any atom is 0.471 e. The predicted molar refractivity (Wildman–Crippen MR) is 170 cm³/mol. The smallest absolute Gasteiger partial charge is 0.392 e. The molecule has 4 aliphatic rings. The first-order chi connectivity index (χ1) is 22.1. The largest absolute Gasteiger partial charge is 0.471 e. The van der Waals surface area contributed by atoms with E-state index in [4.69, 9.17) is 9.47 Å². The number of amides is 2. The summed E-state index contributed by atoms with van der Waals surface area (Å²) >= 11 is 0. The monoisotopic (exact) mass is 657 g/mol. The number of anilines is 1. The van der Waals surface area contributed by atoms with Crippen LogP contribution in [-0.2, 0) is 25.7 Å². The molecule has 4 fully saturated rings. The number of carbonyl (C=O) groups is 2. The molecule has 7 atom stereocenters. The lowest BCUT2D eigenvalue weighted by Gasteiger charge is -2.43. The second-order valence-electron chi connectivity index (χ2n) is 15.2. The number of hydrogen-bond donors (Lipinski definition) is 2. The minimum Gasteiger partial charge on any atom is -0.392 e. The van der Waals surface area contributed by atoms with Gasteiger partial charge in [-0.15, -0.1) is 0 Å². The molecule has 3 heterocycles. The summed E-state index contributed by atoms with van der Waals surface area (Å²) < 4.78 is 52.5. The topological polar surface area (TPSA) is 91.3 Å². The normalized spacial score (nSPS) is 32.4. The fourth-order valence-corrected chi connectivity index (χ4v) is 8.74. The summed E-state index contributed by atoms with van der Waals surface area (Å²) in [6, 6.07) is 14.1. The van der Waals surface area contributed by atoms with E-state index in [1.165, 1.54) is 12.8 Å². The van der Waals surface area contributed by atoms with E-state index in [2.05, 4.69) is 37.9 Å². The molecule has 3 saturated heterocycles. The first kappa shape index (κ1) is 33.9. The number of carbonyl (C=O) groups excluding carboxylic acids is 2. The standard InChI is InChI=1S/C36H46F3N3O5/c1-22-29(18-41-21-35(4)17-27(41)16-34(2,3)20-35)46-32(47-30(22)24-9-7-23(19-43)8-10-24)25-11-13-26(14-12-25)40-31(44)28-6-5-15-42(28)33(45)36(37,38)39/h7-14,22,27-30,32,43H,5-6,15-21H2,1-4H3,(H,40,44)/t22-,27?,28+,29+,30+,32+,35?/m1/s1. The maximum absolute atomic E-state index is 13.1. The van der Waals surface area contributed by atoms with Gasteiger partial charge in [0.05, 0.1) is 18.8 Å². The number of benzene rings is 2. The second kappa shape index (κ2) is 12.8. The number of fused-ring (bicyclic) bond motifs is 2. The van der Waals surface area contributed by atoms with E-state index in [-0.39, 0.29) is 43.1 Å². The third kappa shape index (κ3) is 7.23. The molecule has 0 aromatic heterocycles. The fourth-order valence-electron chi connectivity index (χ4n) is 8.74. The van der Waals surface area contributed by atoms with Crippen LogP contribution in [0.1, 0.15) is 88.9 Å². The number of aliphatic hydroxyl groups is 1. The Morgan fingerprint density at radius 3 is 2.34 bits per heavy atom. The van der Waals surface area contributed by atoms with Crippen LogP contribution in [-0.4, -0.2) is 70.7 Å². The van der Waals surface area contributed by atoms with Crippen molar-refractivity contribution in [2.24, 2.45) is 16.7 Å². The van der Waals surface area contributed by atoms with Gasteiger partial charge in [-0.3, -0.25) is 14.5 Å². The van der Waals surface area contributed by atoms with Crippen LogP contribution in [0.3, 0.4) is 0 Å². The highest BCUT2D eigenvalue weighted by molar-refractivity contribution is 5.98. The lowest BCUT2D eigenvalue weighted by atomic mass is 9.65. The first-order valence-corrected chi connectivity index (χ1v) is 16.7. The molecule has 0 spiro atoms. The lowest BCUT2D eigenvalue weighted by molar-refractivity contribution is -0.276. The summed E-state index contributed by atoms with van der Waals surface area (Å²) in [4.78, 5) is 28.0. The van der Waals surface area contributed by atoms with Gasteiger partial charge in [0.1, 0.15) is 6.04 Å². The van der Waals surface area contributed by atoms with Gasteiger partial charge in [-0.25, -0.2) is 0 Å². The van der Waals surface area contributed by atoms with Crippen molar-refractivity contribution < 1.29 is 37.3 Å². The Morgan fingerprint density at radius 2 is 1.68 bits per heavy atom. The van der Waals surface area contributed by atoms with E-state index in [0.717, 1.165) is 36.2 Å². The minimum absolute atomic E-state index is 0.0402. The molecule has 2 aromatic carbocycles. The van der Waals surface area contributed by atoms with Crippen LogP contribution in [0, 0.1) is 16.7 Å². The number of likely N-dealkylation sites (tertiary alicyclic amines) is 2. The summed E-state index contributed by atoms with van der Waals surface area (Å²) in [7, 11) is 0. The van der Waals surface area contributed by atoms with Gasteiger partial charge in [0.25, 0.3) is 0 Å². The van der Waals surface area contributed by atoms with Gasteiger partial charge in [-0.1, -0.05) is 64.1 Å². The summed E-state index contributed by atoms with van der Waals surface area (Å²) in [5.74, 6) is -2.59. The average molecular weight is 658 g/mol. The Labute approximate surface area is 274 Å². The molecule has 256 valence electrons. The molecule has 2 aromatic rings. The number of ether oxygens (including phenoxy) is 2. The van der Waals surface area contributed by atoms with E-state index in [1.54, 1.807) is 24.3 Å². The van der Waals surface area contributed by atoms with E-state index >= 15 is 0 Å². The predicted octanol–water partition coefficient (Wildman–Crippen LogP) is 6.36. The third-order valence-electron chi connectivity index (χ3n) is 10.6. The van der Waals surface area contributed by atoms with Crippen molar-refractivity contribution in [2.75, 3.05) is 25.0 Å². The van der Waals surface area contributed by atoms with Crippen molar-refractivity contribution >= 4 is 17.5 Å². The Morgan fingerprint density at radius 1 is 1.00 bits per heavy atom. The maximum atomic E-state index is 13.1. The highest BCUT2D eigenvalue weighted by Gasteiger charge is 2.51. The Kier molecular flexibility index (Phi) is 9.23. The third-order valence-corrected chi connectivity index (χ3v) is 10.6. The van der Waals surface area contributed by atoms with Crippen molar-refractivity contribution in [1.82, 2.24) is 9.80 Å². The van der Waals surface area contributed by atoms with Gasteiger partial charge >= 0.3 is 12.1 Å².